The van der Waals surface area contributed by atoms with Crippen LogP contribution >= 0.6 is 0 Å². The molecule has 16 heavy (non-hydrogen) atoms. The summed E-state index contributed by atoms with van der Waals surface area (Å²) in [7, 11) is 0. The van der Waals surface area contributed by atoms with E-state index < -0.39 is 0 Å². The molecule has 80 valence electrons. The van der Waals surface area contributed by atoms with Gasteiger partial charge in [-0.05, 0) is 24.3 Å². The predicted octanol–water partition coefficient (Wildman–Crippen LogP) is 4.35. The minimum absolute atomic E-state index is 0.869. The molecule has 0 N–H and O–H groups in total. The summed E-state index contributed by atoms with van der Waals surface area (Å²) in [6, 6.07) is 19.5. The SMILES string of the molecule is [N-]=[N+]=[N-].c1ccc(Oc2ccccc2)cc1. The van der Waals surface area contributed by atoms with Gasteiger partial charge in [-0.3, -0.25) is 4.91 Å². The zero-order chi connectivity index (χ0) is 11.6. The highest BCUT2D eigenvalue weighted by Gasteiger charge is 1.92. The second-order valence-electron chi connectivity index (χ2n) is 2.82. The Hall–Kier alpha value is -2.45. The van der Waals surface area contributed by atoms with Crippen LogP contribution in [0.5, 0.6) is 11.5 Å². The Morgan fingerprint density at radius 2 is 1.00 bits per heavy atom. The minimum atomic E-state index is 0.869. The molecule has 2 aromatic rings. The van der Waals surface area contributed by atoms with Gasteiger partial charge in [0.25, 0.3) is 0 Å². The lowest BCUT2D eigenvalue weighted by atomic mass is 10.3. The third-order valence-electron chi connectivity index (χ3n) is 1.72. The molecule has 0 spiro atoms. The van der Waals surface area contributed by atoms with Gasteiger partial charge in [-0.15, -0.1) is 0 Å². The summed E-state index contributed by atoms with van der Waals surface area (Å²) in [5, 5.41) is 0. The summed E-state index contributed by atoms with van der Waals surface area (Å²) < 4.78 is 5.58. The minimum Gasteiger partial charge on any atom is -0.457 e. The van der Waals surface area contributed by atoms with Gasteiger partial charge >= 0.3 is 0 Å². The molecular formula is C12H10N3O-. The van der Waals surface area contributed by atoms with Crippen molar-refractivity contribution in [3.63, 3.8) is 0 Å². The van der Waals surface area contributed by atoms with Gasteiger partial charge in [-0.2, -0.15) is 0 Å². The molecular weight excluding hydrogens is 202 g/mol. The largest absolute Gasteiger partial charge is 0.457 e. The fraction of sp³-hybridized carbons (Fsp3) is 0. The number of ether oxygens (including phenoxy) is 1. The molecule has 0 bridgehead atoms. The van der Waals surface area contributed by atoms with Crippen molar-refractivity contribution in [2.75, 3.05) is 0 Å². The Morgan fingerprint density at radius 3 is 1.31 bits per heavy atom. The fourth-order valence-corrected chi connectivity index (χ4v) is 1.11. The zero-order valence-corrected chi connectivity index (χ0v) is 8.52. The summed E-state index contributed by atoms with van der Waals surface area (Å²) in [5.41, 5.74) is 13.5. The monoisotopic (exact) mass is 212 g/mol. The van der Waals surface area contributed by atoms with Gasteiger partial charge in [0.1, 0.15) is 11.5 Å². The Balaban J connectivity index is 0.000000386. The van der Waals surface area contributed by atoms with Gasteiger partial charge < -0.3 is 15.8 Å². The molecule has 0 aliphatic rings. The van der Waals surface area contributed by atoms with Crippen LogP contribution in [0.1, 0.15) is 0 Å². The standard InChI is InChI=1S/C12H10O.N3/c1-3-7-11(8-4-1)13-12-9-5-2-6-10-12;1-3-2/h1-10H;/q;-1. The summed E-state index contributed by atoms with van der Waals surface area (Å²) in [6.07, 6.45) is 0. The van der Waals surface area contributed by atoms with Crippen LogP contribution in [0.3, 0.4) is 0 Å². The molecule has 0 atom stereocenters. The molecule has 0 saturated carbocycles. The van der Waals surface area contributed by atoms with Gasteiger partial charge in [-0.25, -0.2) is 0 Å². The first-order valence-electron chi connectivity index (χ1n) is 4.63. The smallest absolute Gasteiger partial charge is 0.127 e. The van der Waals surface area contributed by atoms with Gasteiger partial charge in [-0.1, -0.05) is 36.4 Å². The summed E-state index contributed by atoms with van der Waals surface area (Å²) in [5.74, 6) is 1.74. The lowest BCUT2D eigenvalue weighted by Gasteiger charge is -2.03. The number of hydrogen-bond acceptors (Lipinski definition) is 1. The Kier molecular flexibility index (Phi) is 5.03. The Labute approximate surface area is 93.5 Å². The lowest BCUT2D eigenvalue weighted by Crippen LogP contribution is -1.81. The second kappa shape index (κ2) is 6.92. The molecule has 0 amide bonds. The van der Waals surface area contributed by atoms with E-state index in [1.807, 2.05) is 60.7 Å². The van der Waals surface area contributed by atoms with Crippen molar-refractivity contribution >= 4 is 0 Å². The molecule has 0 heterocycles. The molecule has 0 aliphatic heterocycles. The third kappa shape index (κ3) is 4.17. The van der Waals surface area contributed by atoms with E-state index in [-0.39, 0.29) is 0 Å². The van der Waals surface area contributed by atoms with Crippen LogP contribution in [0.2, 0.25) is 0 Å². The number of rotatable bonds is 2. The van der Waals surface area contributed by atoms with Crippen LogP contribution in [0.15, 0.2) is 60.7 Å². The van der Waals surface area contributed by atoms with Crippen LogP contribution in [0.25, 0.3) is 16.0 Å². The topological polar surface area (TPSA) is 67.9 Å². The van der Waals surface area contributed by atoms with Gasteiger partial charge in [0.05, 0.1) is 0 Å². The average molecular weight is 212 g/mol. The average Bonchev–Trinajstić information content (AvgIpc) is 2.33. The highest BCUT2D eigenvalue weighted by molar-refractivity contribution is 5.30. The highest BCUT2D eigenvalue weighted by Crippen LogP contribution is 2.19. The number of benzene rings is 2. The van der Waals surface area contributed by atoms with Gasteiger partial charge in [0.15, 0.2) is 0 Å². The fourth-order valence-electron chi connectivity index (χ4n) is 1.11. The molecule has 4 nitrogen and oxygen atoms in total. The maximum Gasteiger partial charge on any atom is 0.127 e. The molecule has 0 unspecified atom stereocenters. The van der Waals surface area contributed by atoms with Crippen molar-refractivity contribution in [2.45, 2.75) is 0 Å². The lowest BCUT2D eigenvalue weighted by molar-refractivity contribution is 0.482. The summed E-state index contributed by atoms with van der Waals surface area (Å²) >= 11 is 0. The summed E-state index contributed by atoms with van der Waals surface area (Å²) in [4.78, 5) is 1.50. The zero-order valence-electron chi connectivity index (χ0n) is 8.52. The molecule has 0 saturated heterocycles. The van der Waals surface area contributed by atoms with E-state index in [9.17, 15) is 0 Å². The van der Waals surface area contributed by atoms with Crippen LogP contribution < -0.4 is 4.74 Å². The Bertz CT molecular complexity index is 399. The van der Waals surface area contributed by atoms with Crippen molar-refractivity contribution in [3.8, 4) is 11.5 Å². The molecule has 0 radical (unpaired) electrons. The first kappa shape index (κ1) is 11.6. The molecule has 0 aliphatic carbocycles. The van der Waals surface area contributed by atoms with E-state index in [0.717, 1.165) is 11.5 Å². The van der Waals surface area contributed by atoms with Crippen molar-refractivity contribution in [3.05, 3.63) is 76.6 Å². The van der Waals surface area contributed by atoms with Gasteiger partial charge in [0, 0.05) is 0 Å². The third-order valence-corrected chi connectivity index (χ3v) is 1.72. The van der Waals surface area contributed by atoms with Crippen LogP contribution in [0.4, 0.5) is 0 Å². The van der Waals surface area contributed by atoms with Crippen LogP contribution in [0, 0.1) is 0 Å². The van der Waals surface area contributed by atoms with E-state index in [0.29, 0.717) is 0 Å². The first-order chi connectivity index (χ1) is 7.86. The number of nitrogens with zero attached hydrogens (tertiary/aromatic N) is 3. The van der Waals surface area contributed by atoms with Crippen molar-refractivity contribution < 1.29 is 4.74 Å². The van der Waals surface area contributed by atoms with Crippen LogP contribution in [-0.2, 0) is 0 Å². The number of hydrogen-bond donors (Lipinski definition) is 0. The molecule has 0 aromatic heterocycles. The second-order valence-corrected chi connectivity index (χ2v) is 2.82. The first-order valence-corrected chi connectivity index (χ1v) is 4.63. The summed E-state index contributed by atoms with van der Waals surface area (Å²) in [6.45, 7) is 0. The maximum absolute atomic E-state index is 6.75. The maximum atomic E-state index is 6.75. The predicted molar refractivity (Wildman–Crippen MR) is 63.0 cm³/mol. The molecule has 4 heteroatoms. The highest BCUT2D eigenvalue weighted by atomic mass is 16.5. The van der Waals surface area contributed by atoms with Gasteiger partial charge in [0.2, 0.25) is 0 Å². The van der Waals surface area contributed by atoms with Crippen molar-refractivity contribution in [2.24, 2.45) is 0 Å². The number of para-hydroxylation sites is 2. The van der Waals surface area contributed by atoms with E-state index in [2.05, 4.69) is 0 Å². The van der Waals surface area contributed by atoms with Crippen LogP contribution in [-0.4, -0.2) is 0 Å². The molecule has 2 rings (SSSR count). The van der Waals surface area contributed by atoms with Crippen molar-refractivity contribution in [1.82, 2.24) is 0 Å². The van der Waals surface area contributed by atoms with E-state index in [1.165, 1.54) is 4.91 Å². The quantitative estimate of drug-likeness (QED) is 0.414. The molecule has 2 aromatic carbocycles. The Morgan fingerprint density at radius 1 is 0.688 bits per heavy atom. The normalized spacial score (nSPS) is 8.25. The molecule has 0 fully saturated rings. The van der Waals surface area contributed by atoms with E-state index in [4.69, 9.17) is 15.8 Å². The van der Waals surface area contributed by atoms with E-state index in [1.54, 1.807) is 0 Å². The van der Waals surface area contributed by atoms with Crippen molar-refractivity contribution in [1.29, 1.82) is 0 Å². The van der Waals surface area contributed by atoms with E-state index >= 15 is 0 Å².